The Hall–Kier alpha value is -0.660. The van der Waals surface area contributed by atoms with Crippen molar-refractivity contribution in [2.24, 2.45) is 16.2 Å². The molecule has 0 atom stereocenters. The van der Waals surface area contributed by atoms with Gasteiger partial charge in [-0.15, -0.1) is 0 Å². The van der Waals surface area contributed by atoms with Gasteiger partial charge in [0, 0.05) is 10.8 Å². The normalized spacial score (nSPS) is 11.6. The van der Waals surface area contributed by atoms with Gasteiger partial charge in [-0.3, -0.25) is 9.59 Å². The highest BCUT2D eigenvalue weighted by molar-refractivity contribution is 5.81. The van der Waals surface area contributed by atoms with Crippen molar-refractivity contribution in [2.45, 2.75) is 89.5 Å². The van der Waals surface area contributed by atoms with E-state index in [1.807, 2.05) is 41.5 Å². The fourth-order valence-electron chi connectivity index (χ4n) is 0. The molecule has 0 aromatic heterocycles. The summed E-state index contributed by atoms with van der Waals surface area (Å²) >= 11 is 0. The Labute approximate surface area is 127 Å². The lowest BCUT2D eigenvalue weighted by Crippen LogP contribution is -2.15. The number of hydrogen-bond acceptors (Lipinski definition) is 2. The molecule has 0 rings (SSSR count). The van der Waals surface area contributed by atoms with Gasteiger partial charge >= 0.3 is 0 Å². The lowest BCUT2D eigenvalue weighted by molar-refractivity contribution is -0.124. The van der Waals surface area contributed by atoms with Crippen LogP contribution in [0.3, 0.4) is 0 Å². The van der Waals surface area contributed by atoms with Crippen molar-refractivity contribution in [3.63, 3.8) is 0 Å². The third-order valence-electron chi connectivity index (χ3n) is 3.17. The molecule has 0 aliphatic carbocycles. The van der Waals surface area contributed by atoms with Crippen molar-refractivity contribution in [3.8, 4) is 0 Å². The molecule has 2 nitrogen and oxygen atoms in total. The van der Waals surface area contributed by atoms with E-state index in [1.165, 1.54) is 6.42 Å². The maximum atomic E-state index is 10.5. The molecule has 0 saturated carbocycles. The van der Waals surface area contributed by atoms with Crippen LogP contribution in [0.5, 0.6) is 0 Å². The Morgan fingerprint density at radius 3 is 0.750 bits per heavy atom. The number of carbonyl (C=O) groups is 2. The maximum absolute atomic E-state index is 10.5. The Balaban J connectivity index is -0.000000218. The molecule has 122 valence electrons. The van der Waals surface area contributed by atoms with Crippen LogP contribution in [-0.2, 0) is 9.59 Å². The van der Waals surface area contributed by atoms with E-state index in [2.05, 4.69) is 27.7 Å². The van der Waals surface area contributed by atoms with E-state index in [9.17, 15) is 9.59 Å². The summed E-state index contributed by atoms with van der Waals surface area (Å²) in [5.74, 6) is 0.486. The van der Waals surface area contributed by atoms with E-state index in [0.717, 1.165) is 0 Å². The number of Topliss-reactive ketones (excluding diaryl/α,β-unsaturated/α-hetero) is 2. The Bertz CT molecular complexity index is 256. The average Bonchev–Trinajstić information content (AvgIpc) is 2.15. The molecular weight excluding hydrogens is 248 g/mol. The van der Waals surface area contributed by atoms with Gasteiger partial charge in [-0.2, -0.15) is 0 Å². The molecule has 2 heteroatoms. The predicted molar refractivity (Wildman–Crippen MR) is 90.0 cm³/mol. The Morgan fingerprint density at radius 1 is 0.650 bits per heavy atom. The molecule has 0 aromatic carbocycles. The first-order valence-corrected chi connectivity index (χ1v) is 7.47. The largest absolute Gasteiger partial charge is 0.299 e. The average molecular weight is 286 g/mol. The van der Waals surface area contributed by atoms with Crippen LogP contribution in [0.2, 0.25) is 0 Å². The third-order valence-corrected chi connectivity index (χ3v) is 3.17. The summed E-state index contributed by atoms with van der Waals surface area (Å²) in [7, 11) is 0. The fourth-order valence-corrected chi connectivity index (χ4v) is 0. The molecule has 0 spiro atoms. The zero-order valence-electron chi connectivity index (χ0n) is 16.0. The number of rotatable bonds is 0. The SMILES string of the molecule is CC(=O)C(C)(C)C.CC(=O)C(C)(C)C.CCC(C)(C)C. The maximum Gasteiger partial charge on any atom is 0.135 e. The standard InChI is InChI=1S/2C6H12O.C6H14/c2*1-5(7)6(2,3)4;1-5-6(2,3)4/h2*1-4H3;5H2,1-4H3. The zero-order chi connectivity index (χ0) is 17.4. The second-order valence-corrected chi connectivity index (χ2v) is 8.53. The second-order valence-electron chi connectivity index (χ2n) is 8.53. The highest BCUT2D eigenvalue weighted by Crippen LogP contribution is 2.16. The van der Waals surface area contributed by atoms with E-state index >= 15 is 0 Å². The van der Waals surface area contributed by atoms with Crippen LogP contribution >= 0.6 is 0 Å². The number of hydrogen-bond donors (Lipinski definition) is 0. The van der Waals surface area contributed by atoms with Crippen LogP contribution in [0.25, 0.3) is 0 Å². The van der Waals surface area contributed by atoms with Gasteiger partial charge in [0.15, 0.2) is 0 Å². The molecule has 0 aromatic rings. The van der Waals surface area contributed by atoms with Gasteiger partial charge in [-0.1, -0.05) is 75.7 Å². The molecular formula is C18H38O2. The third kappa shape index (κ3) is 22.5. The first kappa shape index (κ1) is 24.4. The first-order valence-electron chi connectivity index (χ1n) is 7.47. The molecule has 0 unspecified atom stereocenters. The van der Waals surface area contributed by atoms with Gasteiger partial charge in [0.25, 0.3) is 0 Å². The van der Waals surface area contributed by atoms with Crippen LogP contribution in [0.4, 0.5) is 0 Å². The van der Waals surface area contributed by atoms with Crippen molar-refractivity contribution in [3.05, 3.63) is 0 Å². The van der Waals surface area contributed by atoms with Gasteiger partial charge < -0.3 is 0 Å². The van der Waals surface area contributed by atoms with Gasteiger partial charge in [0.2, 0.25) is 0 Å². The summed E-state index contributed by atoms with van der Waals surface area (Å²) in [6.07, 6.45) is 1.27. The lowest BCUT2D eigenvalue weighted by atomic mass is 9.92. The smallest absolute Gasteiger partial charge is 0.135 e. The van der Waals surface area contributed by atoms with Gasteiger partial charge in [-0.05, 0) is 19.3 Å². The van der Waals surface area contributed by atoms with Crippen molar-refractivity contribution < 1.29 is 9.59 Å². The van der Waals surface area contributed by atoms with E-state index in [1.54, 1.807) is 13.8 Å². The van der Waals surface area contributed by atoms with E-state index in [-0.39, 0.29) is 22.4 Å². The van der Waals surface area contributed by atoms with Crippen molar-refractivity contribution in [1.29, 1.82) is 0 Å². The first-order chi connectivity index (χ1) is 8.45. The van der Waals surface area contributed by atoms with Crippen molar-refractivity contribution in [1.82, 2.24) is 0 Å². The summed E-state index contributed by atoms with van der Waals surface area (Å²) in [6.45, 7) is 23.6. The van der Waals surface area contributed by atoms with E-state index in [4.69, 9.17) is 0 Å². The summed E-state index contributed by atoms with van der Waals surface area (Å²) in [4.78, 5) is 20.9. The van der Waals surface area contributed by atoms with Gasteiger partial charge in [-0.25, -0.2) is 0 Å². The molecule has 0 heterocycles. The Kier molecular flexibility index (Phi) is 11.3. The second kappa shape index (κ2) is 9.31. The van der Waals surface area contributed by atoms with Crippen LogP contribution in [0, 0.1) is 16.2 Å². The molecule has 0 saturated heterocycles. The van der Waals surface area contributed by atoms with Crippen LogP contribution in [0.1, 0.15) is 89.5 Å². The van der Waals surface area contributed by atoms with Gasteiger partial charge in [0.1, 0.15) is 11.6 Å². The minimum absolute atomic E-state index is 0.139. The number of ketones is 2. The molecule has 0 N–H and O–H groups in total. The molecule has 0 radical (unpaired) electrons. The minimum Gasteiger partial charge on any atom is -0.299 e. The fraction of sp³-hybridized carbons (Fsp3) is 0.889. The number of carbonyl (C=O) groups excluding carboxylic acids is 2. The summed E-state index contributed by atoms with van der Waals surface area (Å²) in [5.41, 5.74) is 0.264. The van der Waals surface area contributed by atoms with Gasteiger partial charge in [0.05, 0.1) is 0 Å². The Morgan fingerprint density at radius 2 is 0.750 bits per heavy atom. The summed E-state index contributed by atoms with van der Waals surface area (Å²) in [6, 6.07) is 0. The molecule has 0 fully saturated rings. The lowest BCUT2D eigenvalue weighted by Gasteiger charge is -2.12. The quantitative estimate of drug-likeness (QED) is 0.573. The van der Waals surface area contributed by atoms with E-state index < -0.39 is 0 Å². The monoisotopic (exact) mass is 286 g/mol. The van der Waals surface area contributed by atoms with Crippen molar-refractivity contribution in [2.75, 3.05) is 0 Å². The zero-order valence-corrected chi connectivity index (χ0v) is 16.0. The van der Waals surface area contributed by atoms with Crippen LogP contribution in [-0.4, -0.2) is 11.6 Å². The molecule has 0 amide bonds. The molecule has 0 aliphatic rings. The highest BCUT2D eigenvalue weighted by Gasteiger charge is 2.15. The highest BCUT2D eigenvalue weighted by atomic mass is 16.1. The summed E-state index contributed by atoms with van der Waals surface area (Å²) < 4.78 is 0. The summed E-state index contributed by atoms with van der Waals surface area (Å²) in [5, 5.41) is 0. The van der Waals surface area contributed by atoms with E-state index in [0.29, 0.717) is 5.41 Å². The molecule has 0 bridgehead atoms. The molecule has 0 aliphatic heterocycles. The van der Waals surface area contributed by atoms with Crippen LogP contribution < -0.4 is 0 Å². The van der Waals surface area contributed by atoms with Crippen molar-refractivity contribution >= 4 is 11.6 Å². The minimum atomic E-state index is -0.139. The topological polar surface area (TPSA) is 34.1 Å². The van der Waals surface area contributed by atoms with Crippen LogP contribution in [0.15, 0.2) is 0 Å². The molecule has 20 heavy (non-hydrogen) atoms. The predicted octanol–water partition coefficient (Wildman–Crippen LogP) is 5.69.